The van der Waals surface area contributed by atoms with Gasteiger partial charge in [-0.1, -0.05) is 0 Å². The van der Waals surface area contributed by atoms with Gasteiger partial charge in [0.1, 0.15) is 0 Å². The number of sulfone groups is 1. The third kappa shape index (κ3) is 5.33. The molecule has 1 aliphatic rings. The van der Waals surface area contributed by atoms with Gasteiger partial charge < -0.3 is 9.64 Å². The zero-order valence-electron chi connectivity index (χ0n) is 14.3. The zero-order valence-corrected chi connectivity index (χ0v) is 15.9. The molecule has 2 rings (SSSR count). The first-order valence-electron chi connectivity index (χ1n) is 7.72. The largest absolute Gasteiger partial charge is 0.441 e. The quantitative estimate of drug-likeness (QED) is 0.393. The summed E-state index contributed by atoms with van der Waals surface area (Å²) in [7, 11) is -9.69. The number of ether oxygens (including phenoxy) is 1. The van der Waals surface area contributed by atoms with Gasteiger partial charge in [-0.2, -0.15) is 30.4 Å². The van der Waals surface area contributed by atoms with E-state index in [1.807, 2.05) is 0 Å². The Morgan fingerprint density at radius 2 is 1.55 bits per heavy atom. The van der Waals surface area contributed by atoms with Crippen LogP contribution >= 0.6 is 0 Å². The number of hydrogen-bond donors (Lipinski definition) is 1. The van der Waals surface area contributed by atoms with Crippen molar-refractivity contribution >= 4 is 31.6 Å². The molecule has 29 heavy (non-hydrogen) atoms. The van der Waals surface area contributed by atoms with Crippen molar-refractivity contribution in [2.75, 3.05) is 29.5 Å². The SMILES string of the molecule is O=C(OC(C(F)(F)F)C(F)(F)S(=O)(=O)O)c1ccc(N2CCS(=O)(=O)CC2)cc1. The third-order valence-electron chi connectivity index (χ3n) is 3.98. The fourth-order valence-electron chi connectivity index (χ4n) is 2.42. The van der Waals surface area contributed by atoms with E-state index in [2.05, 4.69) is 4.74 Å². The molecule has 164 valence electrons. The summed E-state index contributed by atoms with van der Waals surface area (Å²) < 4.78 is 121. The number of carbonyl (C=O) groups is 1. The Labute approximate surface area is 161 Å². The van der Waals surface area contributed by atoms with Crippen LogP contribution in [0, 0.1) is 0 Å². The smallest absolute Gasteiger partial charge is 0.432 e. The molecule has 1 saturated heterocycles. The molecule has 0 amide bonds. The molecule has 15 heteroatoms. The number of rotatable bonds is 5. The lowest BCUT2D eigenvalue weighted by Gasteiger charge is -2.29. The third-order valence-corrected chi connectivity index (χ3v) is 6.50. The monoisotopic (exact) mass is 467 g/mol. The molecule has 0 spiro atoms. The fraction of sp³-hybridized carbons (Fsp3) is 0.500. The maximum Gasteiger partial charge on any atom is 0.432 e. The Balaban J connectivity index is 2.19. The van der Waals surface area contributed by atoms with Gasteiger partial charge in [-0.25, -0.2) is 13.2 Å². The average molecular weight is 467 g/mol. The minimum Gasteiger partial charge on any atom is -0.441 e. The summed E-state index contributed by atoms with van der Waals surface area (Å²) >= 11 is 0. The topological polar surface area (TPSA) is 118 Å². The highest BCUT2D eigenvalue weighted by Gasteiger charge is 2.66. The molecular weight excluding hydrogens is 453 g/mol. The minimum absolute atomic E-state index is 0.116. The molecule has 1 fully saturated rings. The Bertz CT molecular complexity index is 961. The Morgan fingerprint density at radius 3 is 1.97 bits per heavy atom. The standard InChI is InChI=1S/C14H14F5NO7S2/c15-13(16,17)12(14(18,19)29(24,25)26)27-11(21)9-1-3-10(4-2-9)20-5-7-28(22,23)8-6-20/h1-4,12H,5-8H2,(H,24,25,26). The first-order valence-corrected chi connectivity index (χ1v) is 11.0. The van der Waals surface area contributed by atoms with Crippen LogP contribution in [0.2, 0.25) is 0 Å². The average Bonchev–Trinajstić information content (AvgIpc) is 2.57. The summed E-state index contributed by atoms with van der Waals surface area (Å²) in [5.41, 5.74) is -0.175. The maximum absolute atomic E-state index is 13.4. The first kappa shape index (κ1) is 23.3. The summed E-state index contributed by atoms with van der Waals surface area (Å²) in [5.74, 6) is -2.13. The van der Waals surface area contributed by atoms with Crippen LogP contribution in [0.15, 0.2) is 24.3 Å². The maximum atomic E-state index is 13.4. The summed E-state index contributed by atoms with van der Waals surface area (Å²) in [6, 6.07) is 4.36. The molecule has 0 aromatic heterocycles. The van der Waals surface area contributed by atoms with Gasteiger partial charge in [0.15, 0.2) is 9.84 Å². The zero-order chi connectivity index (χ0) is 22.3. The van der Waals surface area contributed by atoms with E-state index in [0.717, 1.165) is 12.1 Å². The molecule has 1 aromatic rings. The van der Waals surface area contributed by atoms with Gasteiger partial charge in [0.2, 0.25) is 0 Å². The van der Waals surface area contributed by atoms with Crippen LogP contribution in [-0.4, -0.2) is 69.5 Å². The number of esters is 1. The second-order valence-corrected chi connectivity index (χ2v) is 9.85. The molecule has 1 unspecified atom stereocenters. The number of carbonyl (C=O) groups excluding carboxylic acids is 1. The van der Waals surface area contributed by atoms with Crippen LogP contribution in [0.5, 0.6) is 0 Å². The lowest BCUT2D eigenvalue weighted by atomic mass is 10.2. The number of anilines is 1. The lowest BCUT2D eigenvalue weighted by molar-refractivity contribution is -0.248. The van der Waals surface area contributed by atoms with Crippen molar-refractivity contribution in [3.8, 4) is 0 Å². The number of hydrogen-bond acceptors (Lipinski definition) is 7. The number of alkyl halides is 5. The Kier molecular flexibility index (Phi) is 6.17. The van der Waals surface area contributed by atoms with Crippen molar-refractivity contribution in [3.63, 3.8) is 0 Å². The van der Waals surface area contributed by atoms with E-state index < -0.39 is 49.0 Å². The lowest BCUT2D eigenvalue weighted by Crippen LogP contribution is -2.52. The predicted octanol–water partition coefficient (Wildman–Crippen LogP) is 1.49. The molecule has 0 saturated carbocycles. The van der Waals surface area contributed by atoms with Crippen molar-refractivity contribution in [3.05, 3.63) is 29.8 Å². The molecule has 0 radical (unpaired) electrons. The summed E-state index contributed by atoms with van der Waals surface area (Å²) in [6.07, 6.45) is -10.4. The number of halogens is 5. The molecular formula is C14H14F5NO7S2. The summed E-state index contributed by atoms with van der Waals surface area (Å²) in [6.45, 7) is 0.283. The minimum atomic E-state index is -6.53. The fourth-order valence-corrected chi connectivity index (χ4v) is 4.07. The highest BCUT2D eigenvalue weighted by atomic mass is 32.2. The van der Waals surface area contributed by atoms with Crippen molar-refractivity contribution < 1.29 is 52.9 Å². The molecule has 1 atom stereocenters. The molecule has 1 aromatic carbocycles. The van der Waals surface area contributed by atoms with Crippen molar-refractivity contribution in [1.82, 2.24) is 0 Å². The van der Waals surface area contributed by atoms with Gasteiger partial charge in [-0.05, 0) is 24.3 Å². The van der Waals surface area contributed by atoms with E-state index in [-0.39, 0.29) is 24.6 Å². The van der Waals surface area contributed by atoms with Crippen LogP contribution in [0.25, 0.3) is 0 Å². The van der Waals surface area contributed by atoms with E-state index >= 15 is 0 Å². The van der Waals surface area contributed by atoms with E-state index in [4.69, 9.17) is 4.55 Å². The van der Waals surface area contributed by atoms with Crippen LogP contribution in [0.3, 0.4) is 0 Å². The highest BCUT2D eigenvalue weighted by Crippen LogP contribution is 2.38. The Hall–Kier alpha value is -2.00. The second kappa shape index (κ2) is 7.68. The van der Waals surface area contributed by atoms with Gasteiger partial charge in [0.25, 0.3) is 6.10 Å². The molecule has 8 nitrogen and oxygen atoms in total. The van der Waals surface area contributed by atoms with Crippen molar-refractivity contribution in [1.29, 1.82) is 0 Å². The van der Waals surface area contributed by atoms with E-state index in [0.29, 0.717) is 5.69 Å². The molecule has 1 N–H and O–H groups in total. The molecule has 1 heterocycles. The first-order chi connectivity index (χ1) is 13.0. The number of benzene rings is 1. The van der Waals surface area contributed by atoms with Crippen molar-refractivity contribution in [2.24, 2.45) is 0 Å². The van der Waals surface area contributed by atoms with Gasteiger partial charge in [0, 0.05) is 18.8 Å². The van der Waals surface area contributed by atoms with E-state index in [1.54, 1.807) is 4.90 Å². The predicted molar refractivity (Wildman–Crippen MR) is 89.1 cm³/mol. The molecule has 0 aliphatic carbocycles. The van der Waals surface area contributed by atoms with Crippen LogP contribution in [0.1, 0.15) is 10.4 Å². The van der Waals surface area contributed by atoms with Gasteiger partial charge in [-0.15, -0.1) is 0 Å². The normalized spacial score (nSPS) is 18.9. The summed E-state index contributed by atoms with van der Waals surface area (Å²) in [4.78, 5) is 13.4. The van der Waals surface area contributed by atoms with E-state index in [9.17, 15) is 43.6 Å². The van der Waals surface area contributed by atoms with Crippen LogP contribution in [-0.2, 0) is 24.7 Å². The second-order valence-electron chi connectivity index (χ2n) is 6.05. The van der Waals surface area contributed by atoms with Gasteiger partial charge >= 0.3 is 27.5 Å². The van der Waals surface area contributed by atoms with Gasteiger partial charge in [0.05, 0.1) is 17.1 Å². The van der Waals surface area contributed by atoms with E-state index in [1.165, 1.54) is 12.1 Å². The Morgan fingerprint density at radius 1 is 1.07 bits per heavy atom. The highest BCUT2D eigenvalue weighted by molar-refractivity contribution is 7.91. The van der Waals surface area contributed by atoms with Crippen LogP contribution in [0.4, 0.5) is 27.6 Å². The molecule has 1 aliphatic heterocycles. The van der Waals surface area contributed by atoms with Crippen molar-refractivity contribution in [2.45, 2.75) is 17.5 Å². The van der Waals surface area contributed by atoms with Crippen LogP contribution < -0.4 is 4.90 Å². The van der Waals surface area contributed by atoms with Gasteiger partial charge in [-0.3, -0.25) is 4.55 Å². The summed E-state index contributed by atoms with van der Waals surface area (Å²) in [5, 5.41) is -5.82. The molecule has 0 bridgehead atoms. The number of nitrogens with zero attached hydrogens (tertiary/aromatic N) is 1.